The Morgan fingerprint density at radius 3 is 1.78 bits per heavy atom. The summed E-state index contributed by atoms with van der Waals surface area (Å²) in [6, 6.07) is 0. The largest absolute Gasteiger partial charge is 0.392 e. The van der Waals surface area contributed by atoms with Gasteiger partial charge in [-0.1, -0.05) is 45.1 Å². The van der Waals surface area contributed by atoms with Gasteiger partial charge in [-0.25, -0.2) is 0 Å². The number of hydrogen-bond donors (Lipinski definition) is 1. The highest BCUT2D eigenvalue weighted by Crippen LogP contribution is 2.34. The third-order valence-electron chi connectivity index (χ3n) is 4.94. The number of aliphatic hydroxyl groups excluding tert-OH is 1. The minimum absolute atomic E-state index is 0.170. The summed E-state index contributed by atoms with van der Waals surface area (Å²) in [6.45, 7) is 6.76. The maximum atomic E-state index is 10.6. The van der Waals surface area contributed by atoms with Crippen molar-refractivity contribution in [1.29, 1.82) is 0 Å². The SMILES string of the molecule is CC1C=CC(C(C)[C@@H](O)C2C=C[C@H](C)CC2)CC1. The van der Waals surface area contributed by atoms with E-state index in [0.717, 1.165) is 12.3 Å². The lowest BCUT2D eigenvalue weighted by Crippen LogP contribution is -2.33. The molecule has 0 aromatic rings. The lowest BCUT2D eigenvalue weighted by molar-refractivity contribution is 0.0469. The van der Waals surface area contributed by atoms with Gasteiger partial charge in [0.25, 0.3) is 0 Å². The van der Waals surface area contributed by atoms with Crippen molar-refractivity contribution >= 4 is 0 Å². The molecular weight excluding hydrogens is 220 g/mol. The standard InChI is InChI=1S/C17H28O/c1-12-4-8-15(9-5-12)14(3)17(18)16-10-6-13(2)7-11-16/h4,6,8,10,12-18H,5,7,9,11H2,1-3H3/t12?,13-,14?,15?,16?,17+/m0/s1. The molecule has 0 saturated carbocycles. The number of hydrogen-bond acceptors (Lipinski definition) is 1. The Balaban J connectivity index is 1.94. The van der Waals surface area contributed by atoms with Crippen molar-refractivity contribution < 1.29 is 5.11 Å². The van der Waals surface area contributed by atoms with Gasteiger partial charge in [0.2, 0.25) is 0 Å². The molecule has 102 valence electrons. The molecule has 0 heterocycles. The van der Waals surface area contributed by atoms with Crippen LogP contribution in [0.15, 0.2) is 24.3 Å². The van der Waals surface area contributed by atoms with E-state index in [-0.39, 0.29) is 6.10 Å². The van der Waals surface area contributed by atoms with Crippen molar-refractivity contribution in [3.8, 4) is 0 Å². The van der Waals surface area contributed by atoms with Gasteiger partial charge in [0.1, 0.15) is 0 Å². The molecule has 0 radical (unpaired) electrons. The summed E-state index contributed by atoms with van der Waals surface area (Å²) in [4.78, 5) is 0. The van der Waals surface area contributed by atoms with E-state index in [2.05, 4.69) is 45.1 Å². The zero-order chi connectivity index (χ0) is 13.1. The van der Waals surface area contributed by atoms with Gasteiger partial charge in [0, 0.05) is 5.92 Å². The minimum Gasteiger partial charge on any atom is -0.392 e. The Morgan fingerprint density at radius 2 is 1.33 bits per heavy atom. The normalized spacial score (nSPS) is 39.6. The van der Waals surface area contributed by atoms with Crippen LogP contribution in [-0.2, 0) is 0 Å². The summed E-state index contributed by atoms with van der Waals surface area (Å²) >= 11 is 0. The van der Waals surface area contributed by atoms with Crippen LogP contribution < -0.4 is 0 Å². The van der Waals surface area contributed by atoms with Crippen molar-refractivity contribution in [2.45, 2.75) is 52.6 Å². The highest BCUT2D eigenvalue weighted by Gasteiger charge is 2.30. The van der Waals surface area contributed by atoms with Crippen molar-refractivity contribution in [3.63, 3.8) is 0 Å². The third kappa shape index (κ3) is 3.26. The Bertz CT molecular complexity index is 286. The van der Waals surface area contributed by atoms with Crippen LogP contribution in [0.2, 0.25) is 0 Å². The minimum atomic E-state index is -0.170. The van der Waals surface area contributed by atoms with Crippen LogP contribution in [0.5, 0.6) is 0 Å². The van der Waals surface area contributed by atoms with E-state index in [9.17, 15) is 5.11 Å². The van der Waals surface area contributed by atoms with E-state index in [1.54, 1.807) is 0 Å². The van der Waals surface area contributed by atoms with E-state index in [1.807, 2.05) is 0 Å². The average Bonchev–Trinajstić information content (AvgIpc) is 2.39. The molecular formula is C17H28O. The van der Waals surface area contributed by atoms with Crippen molar-refractivity contribution in [2.75, 3.05) is 0 Å². The molecule has 18 heavy (non-hydrogen) atoms. The second kappa shape index (κ2) is 6.06. The van der Waals surface area contributed by atoms with Crippen molar-refractivity contribution in [1.82, 2.24) is 0 Å². The van der Waals surface area contributed by atoms with Gasteiger partial charge in [-0.2, -0.15) is 0 Å². The fourth-order valence-electron chi connectivity index (χ4n) is 3.33. The molecule has 0 aromatic carbocycles. The number of allylic oxidation sites excluding steroid dienone is 3. The van der Waals surface area contributed by atoms with E-state index in [4.69, 9.17) is 0 Å². The smallest absolute Gasteiger partial charge is 0.0633 e. The first kappa shape index (κ1) is 13.9. The quantitative estimate of drug-likeness (QED) is 0.743. The molecule has 0 aromatic heterocycles. The van der Waals surface area contributed by atoms with Crippen LogP contribution >= 0.6 is 0 Å². The predicted octanol–water partition coefficient (Wildman–Crippen LogP) is 4.19. The Hall–Kier alpha value is -0.560. The molecule has 0 bridgehead atoms. The lowest BCUT2D eigenvalue weighted by Gasteiger charge is -2.34. The van der Waals surface area contributed by atoms with Gasteiger partial charge in [-0.3, -0.25) is 0 Å². The van der Waals surface area contributed by atoms with Crippen molar-refractivity contribution in [2.24, 2.45) is 29.6 Å². The molecule has 0 spiro atoms. The topological polar surface area (TPSA) is 20.2 Å². The summed E-state index contributed by atoms with van der Waals surface area (Å²) in [5, 5.41) is 10.6. The predicted molar refractivity (Wildman–Crippen MR) is 77.2 cm³/mol. The molecule has 1 heteroatoms. The van der Waals surface area contributed by atoms with E-state index in [0.29, 0.717) is 23.7 Å². The fraction of sp³-hybridized carbons (Fsp3) is 0.765. The van der Waals surface area contributed by atoms with Crippen LogP contribution in [0.25, 0.3) is 0 Å². The third-order valence-corrected chi connectivity index (χ3v) is 4.94. The van der Waals surface area contributed by atoms with Crippen LogP contribution in [-0.4, -0.2) is 11.2 Å². The highest BCUT2D eigenvalue weighted by atomic mass is 16.3. The first-order chi connectivity index (χ1) is 8.58. The summed E-state index contributed by atoms with van der Waals surface area (Å²) in [5.41, 5.74) is 0. The molecule has 0 aliphatic heterocycles. The van der Waals surface area contributed by atoms with Gasteiger partial charge in [-0.05, 0) is 49.4 Å². The maximum absolute atomic E-state index is 10.6. The maximum Gasteiger partial charge on any atom is 0.0633 e. The molecule has 0 amide bonds. The summed E-state index contributed by atoms with van der Waals surface area (Å²) in [5.74, 6) is 2.75. The van der Waals surface area contributed by atoms with Gasteiger partial charge < -0.3 is 5.11 Å². The molecule has 2 rings (SSSR count). The second-order valence-corrected chi connectivity index (χ2v) is 6.56. The van der Waals surface area contributed by atoms with Gasteiger partial charge >= 0.3 is 0 Å². The molecule has 0 saturated heterocycles. The first-order valence-electron chi connectivity index (χ1n) is 7.62. The first-order valence-corrected chi connectivity index (χ1v) is 7.62. The second-order valence-electron chi connectivity index (χ2n) is 6.56. The van der Waals surface area contributed by atoms with Crippen molar-refractivity contribution in [3.05, 3.63) is 24.3 Å². The molecule has 4 unspecified atom stereocenters. The Kier molecular flexibility index (Phi) is 4.66. The fourth-order valence-corrected chi connectivity index (χ4v) is 3.33. The number of aliphatic hydroxyl groups is 1. The molecule has 6 atom stereocenters. The van der Waals surface area contributed by atoms with Gasteiger partial charge in [-0.15, -0.1) is 0 Å². The molecule has 2 aliphatic carbocycles. The van der Waals surface area contributed by atoms with Crippen LogP contribution in [0, 0.1) is 29.6 Å². The van der Waals surface area contributed by atoms with E-state index >= 15 is 0 Å². The van der Waals surface area contributed by atoms with Gasteiger partial charge in [0.15, 0.2) is 0 Å². The Morgan fingerprint density at radius 1 is 0.833 bits per heavy atom. The molecule has 1 nitrogen and oxygen atoms in total. The summed E-state index contributed by atoms with van der Waals surface area (Å²) in [7, 11) is 0. The van der Waals surface area contributed by atoms with E-state index < -0.39 is 0 Å². The Labute approximate surface area is 112 Å². The van der Waals surface area contributed by atoms with Gasteiger partial charge in [0.05, 0.1) is 6.10 Å². The lowest BCUT2D eigenvalue weighted by atomic mass is 9.74. The number of rotatable bonds is 3. The average molecular weight is 248 g/mol. The van der Waals surface area contributed by atoms with Crippen LogP contribution in [0.1, 0.15) is 46.5 Å². The van der Waals surface area contributed by atoms with E-state index in [1.165, 1.54) is 19.3 Å². The highest BCUT2D eigenvalue weighted by molar-refractivity contribution is 5.04. The molecule has 0 fully saturated rings. The van der Waals surface area contributed by atoms with Crippen LogP contribution in [0.4, 0.5) is 0 Å². The molecule has 1 N–H and O–H groups in total. The zero-order valence-electron chi connectivity index (χ0n) is 12.0. The molecule has 2 aliphatic rings. The van der Waals surface area contributed by atoms with Crippen LogP contribution in [0.3, 0.4) is 0 Å². The zero-order valence-corrected chi connectivity index (χ0v) is 12.0. The summed E-state index contributed by atoms with van der Waals surface area (Å²) in [6.07, 6.45) is 13.9. The monoisotopic (exact) mass is 248 g/mol. The summed E-state index contributed by atoms with van der Waals surface area (Å²) < 4.78 is 0.